The number of nitrogens with one attached hydrogen (secondary N) is 1. The molecule has 0 unspecified atom stereocenters. The molecule has 4 bridgehead atoms. The first-order chi connectivity index (χ1) is 16.7. The standard InChI is InChI=1S/C27H30N4O3S/c1-17-25(16-29-22-4-8-24(9-5-22)35(28,33)34)26(32)31(30-17)23-6-2-21(3-7-23)27-13-18-10-19(14-27)12-20(11-18)15-27/h2-9,16,18-20,30H,10-15H2,1H3,(H2,28,33,34). The summed E-state index contributed by atoms with van der Waals surface area (Å²) < 4.78 is 24.4. The zero-order valence-electron chi connectivity index (χ0n) is 19.8. The van der Waals surface area contributed by atoms with Crippen LogP contribution in [0.15, 0.2) is 63.2 Å². The summed E-state index contributed by atoms with van der Waals surface area (Å²) in [6, 6.07) is 14.5. The molecule has 4 fully saturated rings. The second kappa shape index (κ2) is 8.03. The second-order valence-corrected chi connectivity index (χ2v) is 12.4. The number of benzene rings is 2. The Hall–Kier alpha value is -2.97. The van der Waals surface area contributed by atoms with Crippen LogP contribution in [-0.4, -0.2) is 24.4 Å². The molecule has 35 heavy (non-hydrogen) atoms. The van der Waals surface area contributed by atoms with Crippen molar-refractivity contribution in [1.29, 1.82) is 0 Å². The molecule has 182 valence electrons. The molecule has 0 amide bonds. The van der Waals surface area contributed by atoms with Gasteiger partial charge in [-0.2, -0.15) is 0 Å². The van der Waals surface area contributed by atoms with E-state index >= 15 is 0 Å². The van der Waals surface area contributed by atoms with Crippen molar-refractivity contribution in [2.24, 2.45) is 27.9 Å². The number of hydrogen-bond donors (Lipinski definition) is 2. The highest BCUT2D eigenvalue weighted by atomic mass is 32.2. The Bertz CT molecular complexity index is 1430. The molecular weight excluding hydrogens is 460 g/mol. The molecule has 0 atom stereocenters. The van der Waals surface area contributed by atoms with Gasteiger partial charge >= 0.3 is 0 Å². The zero-order chi connectivity index (χ0) is 24.4. The summed E-state index contributed by atoms with van der Waals surface area (Å²) in [5.74, 6) is 2.69. The third-order valence-corrected chi connectivity index (χ3v) is 9.33. The molecule has 8 heteroatoms. The zero-order valence-corrected chi connectivity index (χ0v) is 20.6. The van der Waals surface area contributed by atoms with Crippen LogP contribution in [0.5, 0.6) is 0 Å². The van der Waals surface area contributed by atoms with Gasteiger partial charge in [0.15, 0.2) is 0 Å². The van der Waals surface area contributed by atoms with Crippen LogP contribution in [0, 0.1) is 24.7 Å². The average Bonchev–Trinajstić information content (AvgIpc) is 3.10. The SMILES string of the molecule is Cc1[nH]n(-c2ccc(C34CC5CC(CC(C5)C3)C4)cc2)c(=O)c1C=Nc1ccc(S(N)(=O)=O)cc1. The molecule has 4 saturated carbocycles. The van der Waals surface area contributed by atoms with Gasteiger partial charge in [0.2, 0.25) is 10.0 Å². The van der Waals surface area contributed by atoms with Crippen LogP contribution in [0.2, 0.25) is 0 Å². The number of aromatic nitrogens is 2. The van der Waals surface area contributed by atoms with Crippen molar-refractivity contribution in [1.82, 2.24) is 9.78 Å². The number of aliphatic imine (C=N–C) groups is 1. The molecule has 3 aromatic rings. The van der Waals surface area contributed by atoms with Crippen LogP contribution in [0.3, 0.4) is 0 Å². The van der Waals surface area contributed by atoms with Crippen molar-refractivity contribution in [2.75, 3.05) is 0 Å². The van der Waals surface area contributed by atoms with E-state index < -0.39 is 10.0 Å². The van der Waals surface area contributed by atoms with Gasteiger partial charge in [0, 0.05) is 11.9 Å². The number of aryl methyl sites for hydroxylation is 1. The van der Waals surface area contributed by atoms with Gasteiger partial charge in [0.25, 0.3) is 5.56 Å². The Morgan fingerprint density at radius 1 is 0.971 bits per heavy atom. The summed E-state index contributed by atoms with van der Waals surface area (Å²) in [5, 5.41) is 8.31. The maximum atomic E-state index is 13.1. The van der Waals surface area contributed by atoms with Gasteiger partial charge < -0.3 is 0 Å². The van der Waals surface area contributed by atoms with Gasteiger partial charge in [-0.15, -0.1) is 0 Å². The fourth-order valence-electron chi connectivity index (χ4n) is 7.18. The van der Waals surface area contributed by atoms with E-state index in [1.54, 1.807) is 16.8 Å². The molecular formula is C27H30N4O3S. The molecule has 7 nitrogen and oxygen atoms in total. The molecule has 2 aromatic carbocycles. The number of sulfonamides is 1. The summed E-state index contributed by atoms with van der Waals surface area (Å²) >= 11 is 0. The van der Waals surface area contributed by atoms with Crippen LogP contribution in [0.1, 0.15) is 55.3 Å². The predicted molar refractivity (Wildman–Crippen MR) is 136 cm³/mol. The average molecular weight is 491 g/mol. The van der Waals surface area contributed by atoms with Gasteiger partial charge in [-0.3, -0.25) is 14.9 Å². The van der Waals surface area contributed by atoms with E-state index in [1.807, 2.05) is 6.92 Å². The monoisotopic (exact) mass is 490 g/mol. The molecule has 3 N–H and O–H groups in total. The largest absolute Gasteiger partial charge is 0.295 e. The lowest BCUT2D eigenvalue weighted by molar-refractivity contribution is -0.00518. The number of aromatic amines is 1. The molecule has 1 heterocycles. The lowest BCUT2D eigenvalue weighted by Crippen LogP contribution is -2.48. The summed E-state index contributed by atoms with van der Waals surface area (Å²) in [5.41, 5.74) is 4.11. The quantitative estimate of drug-likeness (QED) is 0.519. The molecule has 0 radical (unpaired) electrons. The van der Waals surface area contributed by atoms with Gasteiger partial charge in [-0.1, -0.05) is 12.1 Å². The Kier molecular flexibility index (Phi) is 5.16. The normalized spacial score (nSPS) is 27.7. The highest BCUT2D eigenvalue weighted by molar-refractivity contribution is 7.89. The summed E-state index contributed by atoms with van der Waals surface area (Å²) in [4.78, 5) is 17.5. The van der Waals surface area contributed by atoms with Crippen molar-refractivity contribution < 1.29 is 8.42 Å². The Balaban J connectivity index is 1.25. The maximum Gasteiger partial charge on any atom is 0.280 e. The smallest absolute Gasteiger partial charge is 0.280 e. The van der Waals surface area contributed by atoms with Gasteiger partial charge in [-0.05, 0) is 111 Å². The van der Waals surface area contributed by atoms with Crippen LogP contribution in [0.25, 0.3) is 5.69 Å². The third kappa shape index (κ3) is 3.98. The van der Waals surface area contributed by atoms with Crippen LogP contribution in [0.4, 0.5) is 5.69 Å². The van der Waals surface area contributed by atoms with Crippen LogP contribution < -0.4 is 10.7 Å². The van der Waals surface area contributed by atoms with E-state index in [9.17, 15) is 13.2 Å². The molecule has 1 aromatic heterocycles. The molecule has 0 spiro atoms. The van der Waals surface area contributed by atoms with Crippen molar-refractivity contribution >= 4 is 21.9 Å². The first-order valence-electron chi connectivity index (χ1n) is 12.3. The highest BCUT2D eigenvalue weighted by Gasteiger charge is 2.51. The molecule has 4 aliphatic rings. The van der Waals surface area contributed by atoms with Crippen molar-refractivity contribution in [3.63, 3.8) is 0 Å². The lowest BCUT2D eigenvalue weighted by Gasteiger charge is -2.57. The van der Waals surface area contributed by atoms with E-state index in [1.165, 1.54) is 62.4 Å². The Morgan fingerprint density at radius 2 is 1.54 bits per heavy atom. The molecule has 7 rings (SSSR count). The molecule has 4 aliphatic carbocycles. The minimum atomic E-state index is -3.75. The summed E-state index contributed by atoms with van der Waals surface area (Å²) in [6.45, 7) is 1.84. The molecule has 0 aliphatic heterocycles. The van der Waals surface area contributed by atoms with Crippen molar-refractivity contribution in [2.45, 2.75) is 55.8 Å². The summed E-state index contributed by atoms with van der Waals surface area (Å²) in [7, 11) is -3.75. The van der Waals surface area contributed by atoms with E-state index in [0.29, 0.717) is 22.4 Å². The molecule has 0 saturated heterocycles. The van der Waals surface area contributed by atoms with Crippen molar-refractivity contribution in [3.05, 3.63) is 75.7 Å². The number of primary sulfonamides is 1. The minimum Gasteiger partial charge on any atom is -0.295 e. The second-order valence-electron chi connectivity index (χ2n) is 10.8. The van der Waals surface area contributed by atoms with Crippen LogP contribution >= 0.6 is 0 Å². The first kappa shape index (κ1) is 22.5. The van der Waals surface area contributed by atoms with E-state index in [4.69, 9.17) is 5.14 Å². The number of nitrogens with zero attached hydrogens (tertiary/aromatic N) is 2. The number of rotatable bonds is 5. The number of H-pyrrole nitrogens is 1. The topological polar surface area (TPSA) is 110 Å². The number of hydrogen-bond acceptors (Lipinski definition) is 4. The third-order valence-electron chi connectivity index (χ3n) is 8.40. The number of nitrogens with two attached hydrogens (primary N) is 1. The fourth-order valence-corrected chi connectivity index (χ4v) is 7.70. The van der Waals surface area contributed by atoms with Crippen molar-refractivity contribution in [3.8, 4) is 5.69 Å². The van der Waals surface area contributed by atoms with E-state index in [-0.39, 0.29) is 10.5 Å². The van der Waals surface area contributed by atoms with Crippen LogP contribution in [-0.2, 0) is 15.4 Å². The summed E-state index contributed by atoms with van der Waals surface area (Å²) in [6.07, 6.45) is 9.75. The lowest BCUT2D eigenvalue weighted by atomic mass is 9.48. The Labute approximate surface area is 205 Å². The van der Waals surface area contributed by atoms with E-state index in [2.05, 4.69) is 34.4 Å². The predicted octanol–water partition coefficient (Wildman–Crippen LogP) is 4.34. The van der Waals surface area contributed by atoms with Gasteiger partial charge in [-0.25, -0.2) is 18.2 Å². The minimum absolute atomic E-state index is 0.0219. The van der Waals surface area contributed by atoms with E-state index in [0.717, 1.165) is 23.4 Å². The first-order valence-corrected chi connectivity index (χ1v) is 13.8. The maximum absolute atomic E-state index is 13.1. The van der Waals surface area contributed by atoms with Gasteiger partial charge in [0.05, 0.1) is 21.8 Å². The Morgan fingerprint density at radius 3 is 2.09 bits per heavy atom. The highest BCUT2D eigenvalue weighted by Crippen LogP contribution is 2.60. The van der Waals surface area contributed by atoms with Gasteiger partial charge in [0.1, 0.15) is 0 Å². The fraction of sp³-hybridized carbons (Fsp3) is 0.407.